The predicted molar refractivity (Wildman–Crippen MR) is 259 cm³/mol. The van der Waals surface area contributed by atoms with Gasteiger partial charge in [-0.05, 0) is 74.5 Å². The molecule has 14 N–H and O–H groups in total. The third-order valence-corrected chi connectivity index (χ3v) is 11.8. The molecule has 0 spiro atoms. The van der Waals surface area contributed by atoms with Crippen LogP contribution in [0.3, 0.4) is 0 Å². The summed E-state index contributed by atoms with van der Waals surface area (Å²) >= 11 is 0. The lowest BCUT2D eigenvalue weighted by atomic mass is 9.99. The van der Waals surface area contributed by atoms with Crippen molar-refractivity contribution in [3.63, 3.8) is 0 Å². The highest BCUT2D eigenvalue weighted by Crippen LogP contribution is 2.20. The Morgan fingerprint density at radius 2 is 1.22 bits per heavy atom. The number of aliphatic hydroxyl groups excluding tert-OH is 1. The number of aliphatic hydroxyl groups is 1. The van der Waals surface area contributed by atoms with E-state index in [1.807, 2.05) is 27.7 Å². The van der Waals surface area contributed by atoms with Gasteiger partial charge in [-0.1, -0.05) is 94.8 Å². The molecule has 0 aliphatic carbocycles. The lowest BCUT2D eigenvalue weighted by molar-refractivity contribution is -0.142. The molecular weight excluding hydrogens is 889 g/mol. The van der Waals surface area contributed by atoms with Gasteiger partial charge >= 0.3 is 5.97 Å². The quantitative estimate of drug-likeness (QED) is 0.0435. The minimum absolute atomic E-state index is 0.0281. The van der Waals surface area contributed by atoms with Gasteiger partial charge in [0.05, 0.1) is 18.7 Å². The molecule has 1 saturated heterocycles. The minimum atomic E-state index is -1.45. The summed E-state index contributed by atoms with van der Waals surface area (Å²) in [5.41, 5.74) is 18.6. The number of aliphatic carboxylic acids is 1. The summed E-state index contributed by atoms with van der Waals surface area (Å²) in [4.78, 5) is 108. The molecule has 20 heteroatoms. The maximum Gasteiger partial charge on any atom is 0.326 e. The molecule has 0 saturated carbocycles. The van der Waals surface area contributed by atoms with E-state index in [9.17, 15) is 48.6 Å². The van der Waals surface area contributed by atoms with Crippen molar-refractivity contribution in [3.8, 4) is 0 Å². The van der Waals surface area contributed by atoms with Crippen molar-refractivity contribution in [1.82, 2.24) is 36.8 Å². The topological polar surface area (TPSA) is 330 Å². The Balaban J connectivity index is 1.75. The van der Waals surface area contributed by atoms with E-state index in [1.54, 1.807) is 60.7 Å². The van der Waals surface area contributed by atoms with Crippen LogP contribution in [0.1, 0.15) is 96.6 Å². The van der Waals surface area contributed by atoms with Crippen molar-refractivity contribution in [2.24, 2.45) is 29.0 Å². The van der Waals surface area contributed by atoms with Crippen LogP contribution in [0.5, 0.6) is 0 Å². The van der Waals surface area contributed by atoms with Crippen molar-refractivity contribution < 1.29 is 48.6 Å². The van der Waals surface area contributed by atoms with E-state index < -0.39 is 96.4 Å². The zero-order valence-electron chi connectivity index (χ0n) is 40.5. The molecule has 0 bridgehead atoms. The summed E-state index contributed by atoms with van der Waals surface area (Å²) in [6.45, 7) is 7.69. The first-order chi connectivity index (χ1) is 32.8. The molecule has 69 heavy (non-hydrogen) atoms. The summed E-state index contributed by atoms with van der Waals surface area (Å²) in [5.74, 6) is -5.81. The third kappa shape index (κ3) is 20.3. The van der Waals surface area contributed by atoms with Gasteiger partial charge in [0.15, 0.2) is 0 Å². The van der Waals surface area contributed by atoms with Crippen LogP contribution in [0, 0.1) is 11.8 Å². The predicted octanol–water partition coefficient (Wildman–Crippen LogP) is -0.264. The molecule has 7 amide bonds. The smallest absolute Gasteiger partial charge is 0.326 e. The third-order valence-electron chi connectivity index (χ3n) is 11.8. The Hall–Kier alpha value is -5.96. The molecule has 1 fully saturated rings. The lowest BCUT2D eigenvalue weighted by Gasteiger charge is -2.29. The Labute approximate surface area is 405 Å². The largest absolute Gasteiger partial charge is 0.480 e. The van der Waals surface area contributed by atoms with Crippen LogP contribution >= 0.6 is 0 Å². The van der Waals surface area contributed by atoms with Crippen molar-refractivity contribution in [2.45, 2.75) is 147 Å². The van der Waals surface area contributed by atoms with Crippen LogP contribution in [0.4, 0.5) is 0 Å². The van der Waals surface area contributed by atoms with Crippen LogP contribution in [0.25, 0.3) is 0 Å². The normalized spacial score (nSPS) is 16.6. The van der Waals surface area contributed by atoms with Crippen LogP contribution in [0.15, 0.2) is 60.7 Å². The average molecular weight is 965 g/mol. The van der Waals surface area contributed by atoms with Crippen molar-refractivity contribution in [2.75, 3.05) is 26.2 Å². The summed E-state index contributed by atoms with van der Waals surface area (Å²) in [5, 5.41) is 37.0. The Morgan fingerprint density at radius 1 is 0.681 bits per heavy atom. The van der Waals surface area contributed by atoms with E-state index in [1.165, 1.54) is 4.90 Å². The van der Waals surface area contributed by atoms with Gasteiger partial charge in [-0.25, -0.2) is 4.79 Å². The number of nitrogens with zero attached hydrogens (tertiary/aromatic N) is 1. The number of nitrogens with one attached hydrogen (secondary N) is 6. The zero-order chi connectivity index (χ0) is 51.0. The van der Waals surface area contributed by atoms with Crippen molar-refractivity contribution in [3.05, 3.63) is 71.8 Å². The summed E-state index contributed by atoms with van der Waals surface area (Å²) < 4.78 is 0. The van der Waals surface area contributed by atoms with Gasteiger partial charge in [0, 0.05) is 38.4 Å². The van der Waals surface area contributed by atoms with E-state index >= 15 is 0 Å². The Kier molecular flexibility index (Phi) is 24.8. The molecule has 382 valence electrons. The van der Waals surface area contributed by atoms with Gasteiger partial charge in [0.2, 0.25) is 41.4 Å². The second-order valence-electron chi connectivity index (χ2n) is 18.7. The van der Waals surface area contributed by atoms with Crippen molar-refractivity contribution >= 4 is 47.3 Å². The molecule has 8 atom stereocenters. The van der Waals surface area contributed by atoms with E-state index in [2.05, 4.69) is 31.9 Å². The lowest BCUT2D eigenvalue weighted by Crippen LogP contribution is -2.60. The van der Waals surface area contributed by atoms with Crippen LogP contribution in [-0.4, -0.2) is 137 Å². The molecule has 20 nitrogen and oxygen atoms in total. The highest BCUT2D eigenvalue weighted by molar-refractivity contribution is 5.95. The molecule has 2 aromatic carbocycles. The molecule has 0 aromatic heterocycles. The van der Waals surface area contributed by atoms with Gasteiger partial charge in [-0.3, -0.25) is 33.6 Å². The highest BCUT2D eigenvalue weighted by Gasteiger charge is 2.38. The number of likely N-dealkylation sites (tertiary alicyclic amines) is 1. The maximum absolute atomic E-state index is 14.0. The first-order valence-electron chi connectivity index (χ1n) is 24.0. The zero-order valence-corrected chi connectivity index (χ0v) is 40.5. The summed E-state index contributed by atoms with van der Waals surface area (Å²) in [6, 6.07) is 9.09. The number of carboxylic acid groups (broad SMARTS) is 1. The molecule has 0 unspecified atom stereocenters. The fourth-order valence-electron chi connectivity index (χ4n) is 8.19. The number of amides is 7. The molecule has 1 aliphatic rings. The van der Waals surface area contributed by atoms with Gasteiger partial charge in [-0.2, -0.15) is 0 Å². The number of carbonyl (C=O) groups excluding carboxylic acids is 7. The SMILES string of the molecule is CC(C)C[C@@H](CN[C@@H](CC(C)C)C(=O)N[C@@H](CCC(N)=O)C(=O)N[C@@H](Cc1ccccc1)C(=O)O)NC(=O)[C@H](CO)NC(=O)[C@H](Cc1ccccc1)NC(=O)[C@@H]1CCCN1C(=O)[C@@H](N)CCCCN. The van der Waals surface area contributed by atoms with Crippen LogP contribution in [-0.2, 0) is 51.2 Å². The number of carbonyl (C=O) groups is 8. The standard InChI is InChI=1S/C49H76N10O10/c1-30(2)24-34(28-53-37(25-31(3)4)44(63)55-36(20-21-42(52)61)43(62)57-39(49(68)69)27-33-16-9-6-10-17-33)54-46(65)40(29-60)58-45(64)38(26-32-14-7-5-8-15-32)56-47(66)41-19-13-23-59(41)48(67)35(51)18-11-12-22-50/h5-10,14-17,30-31,34-41,53,60H,11-13,18-29,50-51H2,1-4H3,(H2,52,61)(H,54,65)(H,55,63)(H,56,66)(H,57,62)(H,58,64)(H,68,69)/t34-,35-,36-,37-,38-,39-,40-,41-/m0/s1. The number of carboxylic acids is 1. The summed E-state index contributed by atoms with van der Waals surface area (Å²) in [6.07, 6.45) is 2.95. The van der Waals surface area contributed by atoms with Crippen LogP contribution in [0.2, 0.25) is 0 Å². The van der Waals surface area contributed by atoms with E-state index in [0.29, 0.717) is 62.7 Å². The minimum Gasteiger partial charge on any atom is -0.480 e. The Bertz CT molecular complexity index is 1970. The number of rotatable bonds is 31. The monoisotopic (exact) mass is 965 g/mol. The number of hydrogen-bond acceptors (Lipinski definition) is 12. The molecular formula is C49H76N10O10. The number of benzene rings is 2. The first kappa shape index (κ1) is 57.4. The van der Waals surface area contributed by atoms with Gasteiger partial charge < -0.3 is 64.2 Å². The van der Waals surface area contributed by atoms with E-state index in [-0.39, 0.29) is 56.4 Å². The maximum atomic E-state index is 14.0. The number of primary amides is 1. The average Bonchev–Trinajstić information content (AvgIpc) is 3.80. The first-order valence-corrected chi connectivity index (χ1v) is 24.0. The second kappa shape index (κ2) is 29.8. The number of nitrogens with two attached hydrogens (primary N) is 3. The van der Waals surface area contributed by atoms with E-state index in [4.69, 9.17) is 17.2 Å². The summed E-state index contributed by atoms with van der Waals surface area (Å²) in [7, 11) is 0. The second-order valence-corrected chi connectivity index (χ2v) is 18.7. The van der Waals surface area contributed by atoms with E-state index in [0.717, 1.165) is 0 Å². The highest BCUT2D eigenvalue weighted by atomic mass is 16.4. The number of unbranched alkanes of at least 4 members (excludes halogenated alkanes) is 1. The van der Waals surface area contributed by atoms with Gasteiger partial charge in [-0.15, -0.1) is 0 Å². The van der Waals surface area contributed by atoms with Crippen molar-refractivity contribution in [1.29, 1.82) is 0 Å². The number of hydrogen-bond donors (Lipinski definition) is 11. The van der Waals surface area contributed by atoms with Gasteiger partial charge in [0.1, 0.15) is 30.2 Å². The molecule has 1 heterocycles. The van der Waals surface area contributed by atoms with Crippen LogP contribution < -0.4 is 49.1 Å². The van der Waals surface area contributed by atoms with Gasteiger partial charge in [0.25, 0.3) is 0 Å². The molecule has 2 aromatic rings. The molecule has 3 rings (SSSR count). The molecule has 1 aliphatic heterocycles. The Morgan fingerprint density at radius 3 is 1.77 bits per heavy atom. The fourth-order valence-corrected chi connectivity index (χ4v) is 8.19. The fraction of sp³-hybridized carbons (Fsp3) is 0.592. The molecule has 0 radical (unpaired) electrons.